The summed E-state index contributed by atoms with van der Waals surface area (Å²) in [6.07, 6.45) is 0. The molecule has 1 aromatic rings. The maximum atomic E-state index is 11.9. The maximum Gasteiger partial charge on any atom is 0.243 e. The van der Waals surface area contributed by atoms with Crippen LogP contribution in [0.4, 0.5) is 0 Å². The molecular formula is C14H16O4. The van der Waals surface area contributed by atoms with Gasteiger partial charge in [0.1, 0.15) is 22.8 Å². The molecule has 0 aliphatic carbocycles. The molecule has 0 spiro atoms. The van der Waals surface area contributed by atoms with Crippen molar-refractivity contribution >= 4 is 5.78 Å². The van der Waals surface area contributed by atoms with Crippen LogP contribution >= 0.6 is 0 Å². The second-order valence-corrected chi connectivity index (χ2v) is 3.74. The molecule has 96 valence electrons. The van der Waals surface area contributed by atoms with E-state index in [1.54, 1.807) is 20.8 Å². The van der Waals surface area contributed by atoms with Crippen LogP contribution in [0, 0.1) is 25.7 Å². The molecule has 4 nitrogen and oxygen atoms in total. The Morgan fingerprint density at radius 3 is 2.11 bits per heavy atom. The number of aromatic hydroxyl groups is 1. The highest BCUT2D eigenvalue weighted by molar-refractivity contribution is 6.13. The standard InChI is InChI=1S/C14H16O4/c1-6-7-10(15)11-12(16)8(2)13(17-4)9(3)14(11)18-5/h16H,1-5H3. The third-order valence-corrected chi connectivity index (χ3v) is 2.71. The van der Waals surface area contributed by atoms with E-state index in [1.807, 2.05) is 0 Å². The molecular weight excluding hydrogens is 232 g/mol. The molecule has 1 aromatic carbocycles. The molecule has 0 aliphatic rings. The molecule has 0 unspecified atom stereocenters. The third-order valence-electron chi connectivity index (χ3n) is 2.71. The molecule has 0 heterocycles. The number of phenolic OH excluding ortho intramolecular Hbond substituents is 1. The fraction of sp³-hybridized carbons (Fsp3) is 0.357. The van der Waals surface area contributed by atoms with Gasteiger partial charge in [-0.1, -0.05) is 5.92 Å². The van der Waals surface area contributed by atoms with Gasteiger partial charge in [0.05, 0.1) is 14.2 Å². The summed E-state index contributed by atoms with van der Waals surface area (Å²) in [5.74, 6) is 5.09. The molecule has 0 bridgehead atoms. The fourth-order valence-corrected chi connectivity index (χ4v) is 1.92. The second kappa shape index (κ2) is 5.46. The second-order valence-electron chi connectivity index (χ2n) is 3.74. The highest BCUT2D eigenvalue weighted by Gasteiger charge is 2.24. The van der Waals surface area contributed by atoms with Crippen LogP contribution in [0.1, 0.15) is 28.4 Å². The minimum Gasteiger partial charge on any atom is -0.507 e. The normalized spacial score (nSPS) is 9.39. The van der Waals surface area contributed by atoms with Crippen molar-refractivity contribution in [3.05, 3.63) is 16.7 Å². The zero-order valence-corrected chi connectivity index (χ0v) is 11.2. The van der Waals surface area contributed by atoms with Gasteiger partial charge >= 0.3 is 0 Å². The van der Waals surface area contributed by atoms with Crippen LogP contribution in [0.15, 0.2) is 0 Å². The van der Waals surface area contributed by atoms with Crippen LogP contribution in [0.5, 0.6) is 17.2 Å². The number of hydrogen-bond donors (Lipinski definition) is 1. The molecule has 0 atom stereocenters. The monoisotopic (exact) mass is 248 g/mol. The van der Waals surface area contributed by atoms with Crippen LogP contribution in [0.3, 0.4) is 0 Å². The van der Waals surface area contributed by atoms with Crippen molar-refractivity contribution in [2.45, 2.75) is 20.8 Å². The number of rotatable bonds is 3. The predicted molar refractivity (Wildman–Crippen MR) is 68.5 cm³/mol. The van der Waals surface area contributed by atoms with Crippen LogP contribution < -0.4 is 9.47 Å². The smallest absolute Gasteiger partial charge is 0.243 e. The zero-order valence-electron chi connectivity index (χ0n) is 11.2. The summed E-state index contributed by atoms with van der Waals surface area (Å²) in [5.41, 5.74) is 1.25. The molecule has 0 aliphatic heterocycles. The van der Waals surface area contributed by atoms with E-state index in [1.165, 1.54) is 14.2 Å². The van der Waals surface area contributed by atoms with Crippen molar-refractivity contribution < 1.29 is 19.4 Å². The minimum atomic E-state index is -0.472. The maximum absolute atomic E-state index is 11.9. The van der Waals surface area contributed by atoms with Crippen molar-refractivity contribution in [2.75, 3.05) is 14.2 Å². The molecule has 1 rings (SSSR count). The van der Waals surface area contributed by atoms with Crippen LogP contribution in [0.2, 0.25) is 0 Å². The first kappa shape index (κ1) is 13.9. The van der Waals surface area contributed by atoms with Crippen molar-refractivity contribution in [3.63, 3.8) is 0 Å². The number of ketones is 1. The first-order valence-electron chi connectivity index (χ1n) is 5.40. The largest absolute Gasteiger partial charge is 0.507 e. The van der Waals surface area contributed by atoms with E-state index in [-0.39, 0.29) is 11.3 Å². The van der Waals surface area contributed by atoms with Gasteiger partial charge in [-0.05, 0) is 26.7 Å². The number of benzene rings is 1. The summed E-state index contributed by atoms with van der Waals surface area (Å²) >= 11 is 0. The molecule has 0 radical (unpaired) electrons. The molecule has 0 saturated carbocycles. The Hall–Kier alpha value is -2.15. The van der Waals surface area contributed by atoms with E-state index in [0.717, 1.165) is 0 Å². The Bertz CT molecular complexity index is 547. The molecule has 0 aromatic heterocycles. The summed E-state index contributed by atoms with van der Waals surface area (Å²) in [6.45, 7) is 5.00. The van der Waals surface area contributed by atoms with Gasteiger partial charge in [0.2, 0.25) is 5.78 Å². The summed E-state index contributed by atoms with van der Waals surface area (Å²) in [6, 6.07) is 0. The number of carbonyl (C=O) groups excluding carboxylic acids is 1. The Kier molecular flexibility index (Phi) is 4.22. The molecule has 18 heavy (non-hydrogen) atoms. The van der Waals surface area contributed by atoms with E-state index in [2.05, 4.69) is 11.8 Å². The Balaban J connectivity index is 3.69. The lowest BCUT2D eigenvalue weighted by Crippen LogP contribution is -2.05. The van der Waals surface area contributed by atoms with Crippen LogP contribution in [-0.4, -0.2) is 25.1 Å². The number of methoxy groups -OCH3 is 2. The summed E-state index contributed by atoms with van der Waals surface area (Å²) in [5, 5.41) is 10.1. The fourth-order valence-electron chi connectivity index (χ4n) is 1.92. The Morgan fingerprint density at radius 2 is 1.67 bits per heavy atom. The van der Waals surface area contributed by atoms with Crippen molar-refractivity contribution in [3.8, 4) is 29.1 Å². The van der Waals surface area contributed by atoms with E-state index in [4.69, 9.17) is 9.47 Å². The summed E-state index contributed by atoms with van der Waals surface area (Å²) < 4.78 is 10.4. The topological polar surface area (TPSA) is 55.8 Å². The van der Waals surface area contributed by atoms with Gasteiger partial charge in [0.25, 0.3) is 0 Å². The first-order chi connectivity index (χ1) is 8.49. The van der Waals surface area contributed by atoms with E-state index in [9.17, 15) is 9.90 Å². The van der Waals surface area contributed by atoms with Gasteiger partial charge in [-0.25, -0.2) is 0 Å². The summed E-state index contributed by atoms with van der Waals surface area (Å²) in [7, 11) is 2.94. The van der Waals surface area contributed by atoms with E-state index >= 15 is 0 Å². The van der Waals surface area contributed by atoms with Crippen molar-refractivity contribution in [1.82, 2.24) is 0 Å². The highest BCUT2D eigenvalue weighted by Crippen LogP contribution is 2.42. The number of phenols is 1. The van der Waals surface area contributed by atoms with Gasteiger partial charge < -0.3 is 14.6 Å². The quantitative estimate of drug-likeness (QED) is 0.506. The molecule has 1 N–H and O–H groups in total. The van der Waals surface area contributed by atoms with Crippen LogP contribution in [0.25, 0.3) is 0 Å². The van der Waals surface area contributed by atoms with Crippen molar-refractivity contribution in [2.24, 2.45) is 0 Å². The van der Waals surface area contributed by atoms with E-state index in [0.29, 0.717) is 22.6 Å². The van der Waals surface area contributed by atoms with Gasteiger partial charge in [-0.2, -0.15) is 0 Å². The third kappa shape index (κ3) is 2.12. The van der Waals surface area contributed by atoms with Crippen LogP contribution in [-0.2, 0) is 0 Å². The zero-order chi connectivity index (χ0) is 13.9. The number of Topliss-reactive ketones (excluding diaryl/α,β-unsaturated/α-hetero) is 1. The van der Waals surface area contributed by atoms with Gasteiger partial charge in [-0.15, -0.1) is 0 Å². The average Bonchev–Trinajstić information content (AvgIpc) is 2.34. The lowest BCUT2D eigenvalue weighted by atomic mass is 9.99. The van der Waals surface area contributed by atoms with E-state index < -0.39 is 5.78 Å². The first-order valence-corrected chi connectivity index (χ1v) is 5.40. The SMILES string of the molecule is CC#CC(=O)c1c(O)c(C)c(OC)c(C)c1OC. The molecule has 4 heteroatoms. The van der Waals surface area contributed by atoms with Gasteiger partial charge in [-0.3, -0.25) is 4.79 Å². The number of hydrogen-bond acceptors (Lipinski definition) is 4. The lowest BCUT2D eigenvalue weighted by molar-refractivity contribution is 0.105. The molecule has 0 amide bonds. The van der Waals surface area contributed by atoms with Gasteiger partial charge in [0.15, 0.2) is 0 Å². The average molecular weight is 248 g/mol. The summed E-state index contributed by atoms with van der Waals surface area (Å²) in [4.78, 5) is 11.9. The predicted octanol–water partition coefficient (Wildman–Crippen LogP) is 2.23. The van der Waals surface area contributed by atoms with Gasteiger partial charge in [0, 0.05) is 11.1 Å². The minimum absolute atomic E-state index is 0.0858. The number of carbonyl (C=O) groups is 1. The van der Waals surface area contributed by atoms with Crippen molar-refractivity contribution in [1.29, 1.82) is 0 Å². The Morgan fingerprint density at radius 1 is 1.11 bits per heavy atom. The highest BCUT2D eigenvalue weighted by atomic mass is 16.5. The molecule has 0 fully saturated rings. The number of ether oxygens (including phenoxy) is 2. The molecule has 0 saturated heterocycles. The Labute approximate surface area is 107 Å². The lowest BCUT2D eigenvalue weighted by Gasteiger charge is -2.17.